The summed E-state index contributed by atoms with van der Waals surface area (Å²) < 4.78 is 9.84. The van der Waals surface area contributed by atoms with Gasteiger partial charge in [-0.15, -0.1) is 0 Å². The first-order valence-corrected chi connectivity index (χ1v) is 4.25. The summed E-state index contributed by atoms with van der Waals surface area (Å²) in [5.74, 6) is 0.00658. The maximum absolute atomic E-state index is 10.9. The molecule has 2 N–H and O–H groups in total. The van der Waals surface area contributed by atoms with Crippen LogP contribution in [0, 0.1) is 0 Å². The summed E-state index contributed by atoms with van der Waals surface area (Å²) in [5.41, 5.74) is 5.54. The van der Waals surface area contributed by atoms with E-state index in [-0.39, 0.29) is 12.3 Å². The average molecular weight is 209 g/mol. The first kappa shape index (κ1) is 11.2. The molecule has 1 aromatic carbocycles. The topological polar surface area (TPSA) is 78.6 Å². The van der Waals surface area contributed by atoms with E-state index >= 15 is 0 Å². The van der Waals surface area contributed by atoms with Gasteiger partial charge in [0.05, 0.1) is 13.7 Å². The Morgan fingerprint density at radius 1 is 1.47 bits per heavy atom. The molecular formula is C10H11NO4. The van der Waals surface area contributed by atoms with Gasteiger partial charge in [-0.2, -0.15) is 0 Å². The van der Waals surface area contributed by atoms with Gasteiger partial charge in [0.1, 0.15) is 6.29 Å². The van der Waals surface area contributed by atoms with Gasteiger partial charge in [0.25, 0.3) is 0 Å². The van der Waals surface area contributed by atoms with Crippen LogP contribution in [0.25, 0.3) is 0 Å². The zero-order valence-corrected chi connectivity index (χ0v) is 8.23. The van der Waals surface area contributed by atoms with Gasteiger partial charge in [0.15, 0.2) is 11.5 Å². The smallest absolute Gasteiger partial charge is 0.325 e. The second-order valence-electron chi connectivity index (χ2n) is 2.71. The largest absolute Gasteiger partial charge is 0.493 e. The van der Waals surface area contributed by atoms with Crippen LogP contribution in [0.5, 0.6) is 11.5 Å². The van der Waals surface area contributed by atoms with Crippen molar-refractivity contribution in [3.63, 3.8) is 0 Å². The van der Waals surface area contributed by atoms with Crippen LogP contribution in [-0.2, 0) is 4.79 Å². The molecule has 0 spiro atoms. The Balaban J connectivity index is 2.97. The van der Waals surface area contributed by atoms with Crippen LogP contribution in [-0.4, -0.2) is 25.9 Å². The molecule has 0 saturated carbocycles. The Morgan fingerprint density at radius 3 is 2.73 bits per heavy atom. The molecule has 0 aliphatic heterocycles. The minimum absolute atomic E-state index is 0.210. The molecule has 0 aromatic heterocycles. The fraction of sp³-hybridized carbons (Fsp3) is 0.200. The zero-order valence-electron chi connectivity index (χ0n) is 8.23. The van der Waals surface area contributed by atoms with E-state index in [2.05, 4.69) is 0 Å². The molecule has 0 aliphatic carbocycles. The number of methoxy groups -OCH3 is 1. The van der Waals surface area contributed by atoms with Crippen molar-refractivity contribution in [3.05, 3.63) is 23.8 Å². The number of carbonyl (C=O) groups is 2. The van der Waals surface area contributed by atoms with Crippen molar-refractivity contribution in [3.8, 4) is 11.5 Å². The van der Waals surface area contributed by atoms with Gasteiger partial charge >= 0.3 is 5.97 Å². The lowest BCUT2D eigenvalue weighted by molar-refractivity contribution is -0.132. The number of nitrogens with two attached hydrogens (primary N) is 1. The van der Waals surface area contributed by atoms with Crippen molar-refractivity contribution in [2.24, 2.45) is 5.73 Å². The lowest BCUT2D eigenvalue weighted by Gasteiger charge is -2.08. The summed E-state index contributed by atoms with van der Waals surface area (Å²) >= 11 is 0. The Morgan fingerprint density at radius 2 is 2.20 bits per heavy atom. The van der Waals surface area contributed by atoms with E-state index in [0.717, 1.165) is 0 Å². The highest BCUT2D eigenvalue weighted by molar-refractivity contribution is 5.78. The molecule has 0 radical (unpaired) electrons. The second kappa shape index (κ2) is 5.11. The van der Waals surface area contributed by atoms with E-state index in [0.29, 0.717) is 17.6 Å². The summed E-state index contributed by atoms with van der Waals surface area (Å²) in [4.78, 5) is 21.4. The Bertz CT molecular complexity index is 376. The number of rotatable bonds is 4. The van der Waals surface area contributed by atoms with Crippen molar-refractivity contribution in [1.82, 2.24) is 0 Å². The number of esters is 1. The van der Waals surface area contributed by atoms with Crippen LogP contribution in [0.3, 0.4) is 0 Å². The second-order valence-corrected chi connectivity index (χ2v) is 2.71. The zero-order chi connectivity index (χ0) is 11.3. The predicted octanol–water partition coefficient (Wildman–Crippen LogP) is 0.372. The van der Waals surface area contributed by atoms with Gasteiger partial charge in [0, 0.05) is 5.56 Å². The Labute approximate surface area is 86.8 Å². The lowest BCUT2D eigenvalue weighted by atomic mass is 10.2. The first-order valence-electron chi connectivity index (χ1n) is 4.25. The molecule has 0 saturated heterocycles. The van der Waals surface area contributed by atoms with Crippen molar-refractivity contribution in [1.29, 1.82) is 0 Å². The van der Waals surface area contributed by atoms with Gasteiger partial charge in [0.2, 0.25) is 0 Å². The Kier molecular flexibility index (Phi) is 3.82. The minimum Gasteiger partial charge on any atom is -0.493 e. The number of carbonyl (C=O) groups excluding carboxylic acids is 2. The molecule has 1 rings (SSSR count). The van der Waals surface area contributed by atoms with Gasteiger partial charge < -0.3 is 15.2 Å². The highest BCUT2D eigenvalue weighted by Gasteiger charge is 2.09. The van der Waals surface area contributed by atoms with Crippen LogP contribution >= 0.6 is 0 Å². The molecule has 0 bridgehead atoms. The first-order chi connectivity index (χ1) is 7.21. The molecule has 5 heteroatoms. The van der Waals surface area contributed by atoms with Crippen LogP contribution < -0.4 is 15.2 Å². The van der Waals surface area contributed by atoms with Crippen molar-refractivity contribution < 1.29 is 19.1 Å². The van der Waals surface area contributed by atoms with Crippen LogP contribution in [0.1, 0.15) is 10.4 Å². The van der Waals surface area contributed by atoms with Crippen LogP contribution in [0.2, 0.25) is 0 Å². The summed E-state index contributed by atoms with van der Waals surface area (Å²) in [6.07, 6.45) is 0.678. The minimum atomic E-state index is -0.563. The number of hydrogen-bond acceptors (Lipinski definition) is 5. The maximum Gasteiger partial charge on any atom is 0.325 e. The van der Waals surface area contributed by atoms with Crippen molar-refractivity contribution in [2.75, 3.05) is 13.7 Å². The van der Waals surface area contributed by atoms with E-state index in [1.54, 1.807) is 0 Å². The van der Waals surface area contributed by atoms with E-state index in [9.17, 15) is 9.59 Å². The Hall–Kier alpha value is -1.88. The molecule has 0 atom stereocenters. The third-order valence-corrected chi connectivity index (χ3v) is 1.71. The number of hydrogen-bond donors (Lipinski definition) is 1. The fourth-order valence-corrected chi connectivity index (χ4v) is 1.01. The molecule has 0 aliphatic rings. The monoisotopic (exact) mass is 209 g/mol. The van der Waals surface area contributed by atoms with E-state index in [4.69, 9.17) is 15.2 Å². The van der Waals surface area contributed by atoms with Crippen molar-refractivity contribution in [2.45, 2.75) is 0 Å². The molecule has 0 heterocycles. The quantitative estimate of drug-likeness (QED) is 0.440. The summed E-state index contributed by atoms with van der Waals surface area (Å²) in [5, 5.41) is 0. The molecule has 0 amide bonds. The van der Waals surface area contributed by atoms with Gasteiger partial charge in [-0.3, -0.25) is 9.59 Å². The third kappa shape index (κ3) is 2.78. The lowest BCUT2D eigenvalue weighted by Crippen LogP contribution is -2.19. The normalized spacial score (nSPS) is 9.47. The molecule has 0 unspecified atom stereocenters. The molecule has 5 nitrogen and oxygen atoms in total. The standard InChI is InChI=1S/C10H11NO4/c1-14-9-4-7(6-12)2-3-8(9)15-10(13)5-11/h2-4,6H,5,11H2,1H3. The highest BCUT2D eigenvalue weighted by atomic mass is 16.6. The molecular weight excluding hydrogens is 198 g/mol. The summed E-state index contributed by atoms with van der Waals surface area (Å²) in [6.45, 7) is -0.210. The summed E-state index contributed by atoms with van der Waals surface area (Å²) in [7, 11) is 1.42. The van der Waals surface area contributed by atoms with Gasteiger partial charge in [-0.1, -0.05) is 0 Å². The average Bonchev–Trinajstić information content (AvgIpc) is 2.29. The number of aldehydes is 1. The molecule has 80 valence electrons. The molecule has 1 aromatic rings. The maximum atomic E-state index is 10.9. The van der Waals surface area contributed by atoms with E-state index in [1.807, 2.05) is 0 Å². The SMILES string of the molecule is COc1cc(C=O)ccc1OC(=O)CN. The predicted molar refractivity (Wildman–Crippen MR) is 53.1 cm³/mol. The highest BCUT2D eigenvalue weighted by Crippen LogP contribution is 2.27. The molecule has 15 heavy (non-hydrogen) atoms. The number of ether oxygens (including phenoxy) is 2. The van der Waals surface area contributed by atoms with Crippen LogP contribution in [0.15, 0.2) is 18.2 Å². The van der Waals surface area contributed by atoms with Gasteiger partial charge in [-0.05, 0) is 18.2 Å². The van der Waals surface area contributed by atoms with E-state index in [1.165, 1.54) is 25.3 Å². The summed E-state index contributed by atoms with van der Waals surface area (Å²) in [6, 6.07) is 4.48. The van der Waals surface area contributed by atoms with Crippen LogP contribution in [0.4, 0.5) is 0 Å². The fourth-order valence-electron chi connectivity index (χ4n) is 1.01. The number of benzene rings is 1. The molecule has 0 fully saturated rings. The third-order valence-electron chi connectivity index (χ3n) is 1.71. The van der Waals surface area contributed by atoms with E-state index < -0.39 is 5.97 Å². The van der Waals surface area contributed by atoms with Gasteiger partial charge in [-0.25, -0.2) is 0 Å². The van der Waals surface area contributed by atoms with Crippen molar-refractivity contribution >= 4 is 12.3 Å².